The molecule has 1 amide bonds. The molecule has 0 saturated heterocycles. The van der Waals surface area contributed by atoms with Crippen molar-refractivity contribution >= 4 is 33.5 Å². The molecule has 0 aromatic heterocycles. The molecule has 0 aliphatic rings. The molecule has 0 bridgehead atoms. The van der Waals surface area contributed by atoms with E-state index in [4.69, 9.17) is 9.84 Å². The molecule has 2 rings (SSSR count). The maximum Gasteiger partial charge on any atom is 0.335 e. The highest BCUT2D eigenvalue weighted by Gasteiger charge is 2.06. The molecular formula is C15H12BrNO4. The van der Waals surface area contributed by atoms with E-state index < -0.39 is 5.97 Å². The standard InChI is InChI=1S/C15H12BrNO4/c16-11-2-1-3-13(8-11)21-9-14(18)17-12-6-4-10(5-7-12)15(19)20/h1-8H,9H2,(H,17,18)(H,19,20). The van der Waals surface area contributed by atoms with E-state index in [1.807, 2.05) is 12.1 Å². The van der Waals surface area contributed by atoms with Crippen LogP contribution in [0.15, 0.2) is 53.0 Å². The summed E-state index contributed by atoms with van der Waals surface area (Å²) in [6.45, 7) is -0.128. The van der Waals surface area contributed by atoms with Gasteiger partial charge in [-0.15, -0.1) is 0 Å². The maximum atomic E-state index is 11.7. The van der Waals surface area contributed by atoms with E-state index in [1.54, 1.807) is 12.1 Å². The fraction of sp³-hybridized carbons (Fsp3) is 0.0667. The SMILES string of the molecule is O=C(COc1cccc(Br)c1)Nc1ccc(C(=O)O)cc1. The lowest BCUT2D eigenvalue weighted by molar-refractivity contribution is -0.118. The zero-order valence-electron chi connectivity index (χ0n) is 10.9. The summed E-state index contributed by atoms with van der Waals surface area (Å²) in [4.78, 5) is 22.4. The number of rotatable bonds is 5. The normalized spacial score (nSPS) is 9.95. The Labute approximate surface area is 129 Å². The molecule has 2 aromatic rings. The van der Waals surface area contributed by atoms with Gasteiger partial charge < -0.3 is 15.2 Å². The zero-order chi connectivity index (χ0) is 15.2. The van der Waals surface area contributed by atoms with Crippen molar-refractivity contribution in [3.05, 3.63) is 58.6 Å². The van der Waals surface area contributed by atoms with E-state index in [9.17, 15) is 9.59 Å². The minimum atomic E-state index is -1.01. The number of anilines is 1. The van der Waals surface area contributed by atoms with Crippen molar-refractivity contribution in [2.75, 3.05) is 11.9 Å². The second kappa shape index (κ2) is 6.90. The molecule has 0 spiro atoms. The molecular weight excluding hydrogens is 338 g/mol. The van der Waals surface area contributed by atoms with Gasteiger partial charge in [-0.3, -0.25) is 4.79 Å². The van der Waals surface area contributed by atoms with Crippen molar-refractivity contribution in [1.29, 1.82) is 0 Å². The number of carbonyl (C=O) groups is 2. The molecule has 0 atom stereocenters. The first kappa shape index (κ1) is 15.1. The summed E-state index contributed by atoms with van der Waals surface area (Å²) in [5.41, 5.74) is 0.682. The van der Waals surface area contributed by atoms with Gasteiger partial charge in [0, 0.05) is 10.2 Å². The molecule has 2 N–H and O–H groups in total. The average molecular weight is 350 g/mol. The Balaban J connectivity index is 1.88. The number of hydrogen-bond acceptors (Lipinski definition) is 3. The number of ether oxygens (including phenoxy) is 1. The lowest BCUT2D eigenvalue weighted by atomic mass is 10.2. The van der Waals surface area contributed by atoms with E-state index in [1.165, 1.54) is 24.3 Å². The third kappa shape index (κ3) is 4.61. The van der Waals surface area contributed by atoms with Crippen LogP contribution < -0.4 is 10.1 Å². The Morgan fingerprint density at radius 3 is 2.48 bits per heavy atom. The number of carboxylic acids is 1. The van der Waals surface area contributed by atoms with Gasteiger partial charge in [-0.1, -0.05) is 22.0 Å². The highest BCUT2D eigenvalue weighted by atomic mass is 79.9. The van der Waals surface area contributed by atoms with Crippen LogP contribution in [0.2, 0.25) is 0 Å². The lowest BCUT2D eigenvalue weighted by Gasteiger charge is -2.08. The summed E-state index contributed by atoms with van der Waals surface area (Å²) in [6.07, 6.45) is 0. The summed E-state index contributed by atoms with van der Waals surface area (Å²) in [7, 11) is 0. The van der Waals surface area contributed by atoms with Gasteiger partial charge >= 0.3 is 5.97 Å². The molecule has 0 unspecified atom stereocenters. The van der Waals surface area contributed by atoms with Crippen LogP contribution in [0.1, 0.15) is 10.4 Å². The number of benzene rings is 2. The van der Waals surface area contributed by atoms with Gasteiger partial charge in [0.15, 0.2) is 6.61 Å². The van der Waals surface area contributed by atoms with Gasteiger partial charge in [0.05, 0.1) is 5.56 Å². The van der Waals surface area contributed by atoms with Crippen LogP contribution in [0.4, 0.5) is 5.69 Å². The molecule has 6 heteroatoms. The quantitative estimate of drug-likeness (QED) is 0.869. The number of carbonyl (C=O) groups excluding carboxylic acids is 1. The molecule has 0 aliphatic heterocycles. The number of hydrogen-bond donors (Lipinski definition) is 2. The van der Waals surface area contributed by atoms with E-state index in [0.29, 0.717) is 11.4 Å². The van der Waals surface area contributed by atoms with Gasteiger partial charge in [-0.05, 0) is 42.5 Å². The van der Waals surface area contributed by atoms with Crippen molar-refractivity contribution in [3.63, 3.8) is 0 Å². The molecule has 2 aromatic carbocycles. The van der Waals surface area contributed by atoms with Crippen LogP contribution in [0, 0.1) is 0 Å². The van der Waals surface area contributed by atoms with Crippen molar-refractivity contribution in [3.8, 4) is 5.75 Å². The van der Waals surface area contributed by atoms with Gasteiger partial charge in [-0.2, -0.15) is 0 Å². The summed E-state index contributed by atoms with van der Waals surface area (Å²) >= 11 is 3.31. The van der Waals surface area contributed by atoms with E-state index in [0.717, 1.165) is 4.47 Å². The highest BCUT2D eigenvalue weighted by Crippen LogP contribution is 2.17. The number of amides is 1. The number of nitrogens with one attached hydrogen (secondary N) is 1. The molecule has 108 valence electrons. The van der Waals surface area contributed by atoms with Crippen molar-refractivity contribution in [2.45, 2.75) is 0 Å². The largest absolute Gasteiger partial charge is 0.484 e. The van der Waals surface area contributed by atoms with Gasteiger partial charge in [0.25, 0.3) is 5.91 Å². The predicted molar refractivity (Wildman–Crippen MR) is 81.7 cm³/mol. The summed E-state index contributed by atoms with van der Waals surface area (Å²) in [5, 5.41) is 11.4. The lowest BCUT2D eigenvalue weighted by Crippen LogP contribution is -2.20. The van der Waals surface area contributed by atoms with Gasteiger partial charge in [0.2, 0.25) is 0 Å². The van der Waals surface area contributed by atoms with Crippen LogP contribution >= 0.6 is 15.9 Å². The second-order valence-electron chi connectivity index (χ2n) is 4.18. The number of carboxylic acid groups (broad SMARTS) is 1. The molecule has 0 aliphatic carbocycles. The molecule has 0 saturated carbocycles. The van der Waals surface area contributed by atoms with E-state index >= 15 is 0 Å². The van der Waals surface area contributed by atoms with Crippen molar-refractivity contribution in [2.24, 2.45) is 0 Å². The summed E-state index contributed by atoms with van der Waals surface area (Å²) < 4.78 is 6.21. The zero-order valence-corrected chi connectivity index (χ0v) is 12.5. The van der Waals surface area contributed by atoms with Crippen LogP contribution in [0.3, 0.4) is 0 Å². The van der Waals surface area contributed by atoms with E-state index in [-0.39, 0.29) is 18.1 Å². The third-order valence-electron chi connectivity index (χ3n) is 2.58. The van der Waals surface area contributed by atoms with Crippen molar-refractivity contribution < 1.29 is 19.4 Å². The monoisotopic (exact) mass is 349 g/mol. The fourth-order valence-electron chi connectivity index (χ4n) is 1.60. The smallest absolute Gasteiger partial charge is 0.335 e. The molecule has 21 heavy (non-hydrogen) atoms. The van der Waals surface area contributed by atoms with Crippen molar-refractivity contribution in [1.82, 2.24) is 0 Å². The first-order valence-electron chi connectivity index (χ1n) is 6.06. The number of halogens is 1. The molecule has 0 fully saturated rings. The molecule has 0 heterocycles. The third-order valence-corrected chi connectivity index (χ3v) is 3.07. The summed E-state index contributed by atoms with van der Waals surface area (Å²) in [6, 6.07) is 13.1. The highest BCUT2D eigenvalue weighted by molar-refractivity contribution is 9.10. The van der Waals surface area contributed by atoms with Crippen LogP contribution in [0.25, 0.3) is 0 Å². The average Bonchev–Trinajstić information content (AvgIpc) is 2.46. The first-order chi connectivity index (χ1) is 10.0. The molecule has 5 nitrogen and oxygen atoms in total. The number of aromatic carboxylic acids is 1. The van der Waals surface area contributed by atoms with Crippen LogP contribution in [0.5, 0.6) is 5.75 Å². The second-order valence-corrected chi connectivity index (χ2v) is 5.09. The Kier molecular flexibility index (Phi) is 4.94. The van der Waals surface area contributed by atoms with Gasteiger partial charge in [-0.25, -0.2) is 4.79 Å². The van der Waals surface area contributed by atoms with Crippen LogP contribution in [-0.4, -0.2) is 23.6 Å². The van der Waals surface area contributed by atoms with E-state index in [2.05, 4.69) is 21.2 Å². The minimum absolute atomic E-state index is 0.128. The Morgan fingerprint density at radius 2 is 1.86 bits per heavy atom. The fourth-order valence-corrected chi connectivity index (χ4v) is 1.98. The van der Waals surface area contributed by atoms with Crippen LogP contribution in [-0.2, 0) is 4.79 Å². The minimum Gasteiger partial charge on any atom is -0.484 e. The van der Waals surface area contributed by atoms with Gasteiger partial charge in [0.1, 0.15) is 5.75 Å². The Bertz CT molecular complexity index is 655. The molecule has 0 radical (unpaired) electrons. The first-order valence-corrected chi connectivity index (χ1v) is 6.85. The maximum absolute atomic E-state index is 11.7. The topological polar surface area (TPSA) is 75.6 Å². The predicted octanol–water partition coefficient (Wildman–Crippen LogP) is 3.16. The summed E-state index contributed by atoms with van der Waals surface area (Å²) in [5.74, 6) is -0.746. The Hall–Kier alpha value is -2.34. The Morgan fingerprint density at radius 1 is 1.14 bits per heavy atom.